The Labute approximate surface area is 269 Å². The number of fused-ring (bicyclic) bond motifs is 2. The minimum atomic E-state index is -0.258. The summed E-state index contributed by atoms with van der Waals surface area (Å²) in [5.41, 5.74) is 12.2. The monoisotopic (exact) mass is 598 g/mol. The molecule has 0 atom stereocenters. The van der Waals surface area contributed by atoms with Gasteiger partial charge in [-0.1, -0.05) is 76.2 Å². The van der Waals surface area contributed by atoms with Crippen molar-refractivity contribution in [2.75, 3.05) is 23.3 Å². The van der Waals surface area contributed by atoms with Crippen LogP contribution in [0.15, 0.2) is 98.1 Å². The van der Waals surface area contributed by atoms with E-state index in [4.69, 9.17) is 9.47 Å². The van der Waals surface area contributed by atoms with Gasteiger partial charge in [0, 0.05) is 41.0 Å². The summed E-state index contributed by atoms with van der Waals surface area (Å²) < 4.78 is 12.9. The number of allylic oxidation sites excluding steroid dienone is 2. The highest BCUT2D eigenvalue weighted by Gasteiger charge is 2.31. The fraction of sp³-hybridized carbons (Fsp3) is 0.317. The second-order valence-electron chi connectivity index (χ2n) is 12.8. The Hall–Kier alpha value is -4.44. The van der Waals surface area contributed by atoms with Crippen LogP contribution in [-0.4, -0.2) is 13.5 Å². The summed E-state index contributed by atoms with van der Waals surface area (Å²) >= 11 is 0. The summed E-state index contributed by atoms with van der Waals surface area (Å²) in [7, 11) is 0. The number of hydrogen-bond acceptors (Lipinski definition) is 4. The molecule has 0 N–H and O–H groups in total. The van der Waals surface area contributed by atoms with Crippen LogP contribution >= 0.6 is 0 Å². The van der Waals surface area contributed by atoms with Crippen molar-refractivity contribution in [3.63, 3.8) is 0 Å². The van der Waals surface area contributed by atoms with Crippen LogP contribution in [0.2, 0.25) is 0 Å². The fourth-order valence-corrected chi connectivity index (χ4v) is 6.62. The van der Waals surface area contributed by atoms with Gasteiger partial charge in [-0.3, -0.25) is 0 Å². The zero-order valence-corrected chi connectivity index (χ0v) is 27.4. The fourth-order valence-electron chi connectivity index (χ4n) is 6.62. The predicted octanol–water partition coefficient (Wildman–Crippen LogP) is 9.31. The average molecular weight is 599 g/mol. The third-order valence-electron chi connectivity index (χ3n) is 9.53. The second kappa shape index (κ2) is 12.9. The molecule has 45 heavy (non-hydrogen) atoms. The Bertz CT molecular complexity index is 1560. The zero-order valence-electron chi connectivity index (χ0n) is 27.4. The molecule has 4 heteroatoms. The number of nitrogens with zero attached hydrogens (tertiary/aromatic N) is 2. The van der Waals surface area contributed by atoms with Gasteiger partial charge in [-0.15, -0.1) is 13.2 Å². The number of hydrogen-bond donors (Lipinski definition) is 0. The van der Waals surface area contributed by atoms with Crippen molar-refractivity contribution in [3.8, 4) is 11.5 Å². The van der Waals surface area contributed by atoms with E-state index in [1.165, 1.54) is 55.9 Å². The first-order valence-corrected chi connectivity index (χ1v) is 16.3. The second-order valence-corrected chi connectivity index (χ2v) is 12.8. The van der Waals surface area contributed by atoms with Crippen LogP contribution in [0.1, 0.15) is 72.2 Å². The van der Waals surface area contributed by atoms with Crippen LogP contribution in [0.3, 0.4) is 0 Å². The summed E-state index contributed by atoms with van der Waals surface area (Å²) in [4.78, 5) is 4.63. The Kier molecular flexibility index (Phi) is 8.76. The summed E-state index contributed by atoms with van der Waals surface area (Å²) in [6, 6.07) is 27.1. The molecule has 0 fully saturated rings. The van der Waals surface area contributed by atoms with Gasteiger partial charge in [0.05, 0.1) is 0 Å². The molecule has 0 aliphatic carbocycles. The van der Waals surface area contributed by atoms with E-state index >= 15 is 0 Å². The highest BCUT2D eigenvalue weighted by Crippen LogP contribution is 2.42. The summed E-state index contributed by atoms with van der Waals surface area (Å²) in [5.74, 6) is 2.01. The van der Waals surface area contributed by atoms with Gasteiger partial charge in [0.15, 0.2) is 13.5 Å². The third kappa shape index (κ3) is 6.11. The maximum absolute atomic E-state index is 6.44. The first kappa shape index (κ1) is 30.6. The molecular weight excluding hydrogens is 552 g/mol. The van der Waals surface area contributed by atoms with Gasteiger partial charge in [0.2, 0.25) is 0 Å². The van der Waals surface area contributed by atoms with Crippen molar-refractivity contribution < 1.29 is 9.47 Å². The number of benzene rings is 4. The Balaban J connectivity index is 1.36. The molecule has 6 rings (SSSR count). The average Bonchev–Trinajstić information content (AvgIpc) is 3.08. The normalized spacial score (nSPS) is 14.2. The molecule has 0 spiro atoms. The molecule has 2 aliphatic heterocycles. The van der Waals surface area contributed by atoms with E-state index in [1.807, 2.05) is 12.2 Å². The molecule has 4 nitrogen and oxygen atoms in total. The molecule has 0 bridgehead atoms. The highest BCUT2D eigenvalue weighted by atomic mass is 16.5. The first-order chi connectivity index (χ1) is 21.8. The maximum Gasteiger partial charge on any atom is 0.161 e. The van der Waals surface area contributed by atoms with Crippen LogP contribution in [0.5, 0.6) is 11.5 Å². The predicted molar refractivity (Wildman–Crippen MR) is 188 cm³/mol. The van der Waals surface area contributed by atoms with Gasteiger partial charge >= 0.3 is 0 Å². The van der Waals surface area contributed by atoms with E-state index < -0.39 is 0 Å². The molecule has 0 radical (unpaired) electrons. The Morgan fingerprint density at radius 2 is 1.04 bits per heavy atom. The number of anilines is 2. The van der Waals surface area contributed by atoms with Crippen LogP contribution in [-0.2, 0) is 44.2 Å². The highest BCUT2D eigenvalue weighted by molar-refractivity contribution is 5.58. The molecule has 0 unspecified atom stereocenters. The molecular formula is C41H46N2O2. The van der Waals surface area contributed by atoms with Crippen LogP contribution in [0.25, 0.3) is 0 Å². The third-order valence-corrected chi connectivity index (χ3v) is 9.53. The number of aryl methyl sites for hydroxylation is 2. The Morgan fingerprint density at radius 3 is 1.40 bits per heavy atom. The van der Waals surface area contributed by atoms with E-state index in [0.29, 0.717) is 13.5 Å². The van der Waals surface area contributed by atoms with Gasteiger partial charge < -0.3 is 19.3 Å². The van der Waals surface area contributed by atoms with E-state index in [-0.39, 0.29) is 5.41 Å². The zero-order chi connectivity index (χ0) is 31.6. The first-order valence-electron chi connectivity index (χ1n) is 16.3. The Morgan fingerprint density at radius 1 is 0.644 bits per heavy atom. The van der Waals surface area contributed by atoms with E-state index in [2.05, 4.69) is 123 Å². The van der Waals surface area contributed by atoms with E-state index in [9.17, 15) is 0 Å². The minimum Gasteiger partial charge on any atom is -0.472 e. The molecule has 0 saturated heterocycles. The van der Waals surface area contributed by atoms with Gasteiger partial charge in [0.25, 0.3) is 0 Å². The van der Waals surface area contributed by atoms with Crippen molar-refractivity contribution in [2.45, 2.75) is 71.9 Å². The number of ether oxygens (including phenoxy) is 2. The standard InChI is InChI=1S/C41H46N2O2/c1-7-11-31-21-35(23-33-25-42(27-44-39(31)33)37-17-13-29(9-3)14-18-37)41(5,6)36-22-32(12-8-2)40-34(24-36)26-43(28-45-40)38-19-15-30(10-4)16-20-38/h7-8,13-24H,1-2,9-12,25-28H2,3-6H3. The van der Waals surface area contributed by atoms with E-state index in [1.54, 1.807) is 0 Å². The molecule has 0 saturated carbocycles. The summed E-state index contributed by atoms with van der Waals surface area (Å²) in [6.07, 6.45) is 7.57. The molecule has 2 aliphatic rings. The lowest BCUT2D eigenvalue weighted by molar-refractivity contribution is 0.286. The molecule has 2 heterocycles. The van der Waals surface area contributed by atoms with Gasteiger partial charge in [-0.25, -0.2) is 0 Å². The minimum absolute atomic E-state index is 0.258. The lowest BCUT2D eigenvalue weighted by Crippen LogP contribution is -2.33. The van der Waals surface area contributed by atoms with E-state index in [0.717, 1.165) is 50.3 Å². The molecule has 4 aromatic carbocycles. The van der Waals surface area contributed by atoms with Crippen molar-refractivity contribution in [1.82, 2.24) is 0 Å². The van der Waals surface area contributed by atoms with Crippen molar-refractivity contribution >= 4 is 11.4 Å². The number of rotatable bonds is 10. The topological polar surface area (TPSA) is 24.9 Å². The SMILES string of the molecule is C=CCc1cc(C(C)(C)c2cc(CC=C)c3c(c2)CN(c2ccc(CC)cc2)CO3)cc2c1OCN(c1ccc(CC)cc1)C2. The van der Waals surface area contributed by atoms with Crippen molar-refractivity contribution in [1.29, 1.82) is 0 Å². The van der Waals surface area contributed by atoms with Crippen molar-refractivity contribution in [2.24, 2.45) is 0 Å². The van der Waals surface area contributed by atoms with Crippen LogP contribution in [0, 0.1) is 0 Å². The van der Waals surface area contributed by atoms with Crippen molar-refractivity contribution in [3.05, 3.63) is 143 Å². The maximum atomic E-state index is 6.44. The summed E-state index contributed by atoms with van der Waals surface area (Å²) in [5, 5.41) is 0. The largest absolute Gasteiger partial charge is 0.472 e. The lowest BCUT2D eigenvalue weighted by Gasteiger charge is -2.36. The van der Waals surface area contributed by atoms with Gasteiger partial charge in [0.1, 0.15) is 11.5 Å². The lowest BCUT2D eigenvalue weighted by atomic mass is 9.75. The smallest absolute Gasteiger partial charge is 0.161 e. The summed E-state index contributed by atoms with van der Waals surface area (Å²) in [6.45, 7) is 19.9. The molecule has 0 aromatic heterocycles. The van der Waals surface area contributed by atoms with Gasteiger partial charge in [-0.05, 0) is 95.5 Å². The molecule has 0 amide bonds. The quantitative estimate of drug-likeness (QED) is 0.170. The van der Waals surface area contributed by atoms with Gasteiger partial charge in [-0.2, -0.15) is 0 Å². The van der Waals surface area contributed by atoms with Crippen LogP contribution in [0.4, 0.5) is 11.4 Å². The van der Waals surface area contributed by atoms with Crippen LogP contribution < -0.4 is 19.3 Å². The molecule has 4 aromatic rings. The molecule has 232 valence electrons.